The van der Waals surface area contributed by atoms with Gasteiger partial charge in [-0.2, -0.15) is 0 Å². The molecule has 402 valence electrons. The lowest BCUT2D eigenvalue weighted by Crippen LogP contribution is -2.58. The highest BCUT2D eigenvalue weighted by Crippen LogP contribution is 2.48. The van der Waals surface area contributed by atoms with Gasteiger partial charge in [-0.15, -0.1) is 48.3 Å². The number of nitrogens with zero attached hydrogens (tertiary/aromatic N) is 2. The third kappa shape index (κ3) is 12.5. The summed E-state index contributed by atoms with van der Waals surface area (Å²) in [5, 5.41) is 17.9. The van der Waals surface area contributed by atoms with Crippen LogP contribution in [0.4, 0.5) is 0 Å². The third-order valence-corrected chi connectivity index (χ3v) is 17.8. The normalized spacial score (nSPS) is 28.8. The highest BCUT2D eigenvalue weighted by molar-refractivity contribution is 8.00. The van der Waals surface area contributed by atoms with Crippen LogP contribution in [0.5, 0.6) is 0 Å². The van der Waals surface area contributed by atoms with Crippen LogP contribution in [0.1, 0.15) is 102 Å². The Balaban J connectivity index is 0.00000446. The first-order chi connectivity index (χ1) is 34.4. The SMILES string of the molecule is CN[C@@H](C)C(=O)N[C@H]1CCS[C@H]2CC(C)(C)[C@@H](C(=O)N[C@H]3c4ccccc4C[C@H]3OCC#CC#CCO[C@@H]3Cc4ccccc4[C@@H]3NC(=O)[C@H]3N4C(=O)[C@@H](NC(=O)[C@H](C)NC)CCS[C@H]4CC3(C)C)N2C1=O.Cl.Cl. The topological polar surface area (TPSA) is 200 Å². The van der Waals surface area contributed by atoms with Gasteiger partial charge in [-0.1, -0.05) is 88.1 Å². The van der Waals surface area contributed by atoms with Gasteiger partial charge >= 0.3 is 0 Å². The molecule has 0 aromatic heterocycles. The van der Waals surface area contributed by atoms with Crippen molar-refractivity contribution >= 4 is 83.8 Å². The summed E-state index contributed by atoms with van der Waals surface area (Å²) in [6, 6.07) is 11.0. The summed E-state index contributed by atoms with van der Waals surface area (Å²) < 4.78 is 12.7. The number of hydrogen-bond donors (Lipinski definition) is 6. The Hall–Kier alpha value is -4.50. The van der Waals surface area contributed by atoms with Crippen LogP contribution >= 0.6 is 48.3 Å². The van der Waals surface area contributed by atoms with Gasteiger partial charge in [0.2, 0.25) is 35.4 Å². The number of likely N-dealkylation sites (N-methyl/N-ethyl adjacent to an activating group) is 2. The second-order valence-electron chi connectivity index (χ2n) is 21.1. The van der Waals surface area contributed by atoms with Gasteiger partial charge in [-0.3, -0.25) is 28.8 Å². The van der Waals surface area contributed by atoms with Gasteiger partial charge in [0.25, 0.3) is 0 Å². The van der Waals surface area contributed by atoms with Gasteiger partial charge in [0.15, 0.2) is 0 Å². The molecule has 20 heteroatoms. The zero-order chi connectivity index (χ0) is 51.5. The molecule has 6 amide bonds. The summed E-state index contributed by atoms with van der Waals surface area (Å²) in [5.74, 6) is 11.6. The van der Waals surface area contributed by atoms with Crippen molar-refractivity contribution in [2.75, 3.05) is 38.8 Å². The van der Waals surface area contributed by atoms with Crippen LogP contribution in [-0.4, -0.2) is 143 Å². The Bertz CT molecular complexity index is 2380. The van der Waals surface area contributed by atoms with Crippen molar-refractivity contribution in [3.05, 3.63) is 70.8 Å². The number of rotatable bonds is 14. The molecule has 0 bridgehead atoms. The van der Waals surface area contributed by atoms with E-state index in [0.717, 1.165) is 22.3 Å². The van der Waals surface area contributed by atoms with E-state index in [1.54, 1.807) is 61.3 Å². The minimum absolute atomic E-state index is 0. The lowest BCUT2D eigenvalue weighted by atomic mass is 9.83. The third-order valence-electron chi connectivity index (χ3n) is 15.3. The highest BCUT2D eigenvalue weighted by atomic mass is 35.5. The Labute approximate surface area is 456 Å². The van der Waals surface area contributed by atoms with E-state index in [-0.39, 0.29) is 84.2 Å². The minimum atomic E-state index is -0.754. The predicted molar refractivity (Wildman–Crippen MR) is 292 cm³/mol. The first-order valence-electron chi connectivity index (χ1n) is 25.2. The molecule has 8 rings (SSSR count). The fraction of sp³-hybridized carbons (Fsp3) is 0.593. The van der Waals surface area contributed by atoms with Crippen molar-refractivity contribution in [3.63, 3.8) is 0 Å². The van der Waals surface area contributed by atoms with E-state index in [1.165, 1.54) is 0 Å². The number of nitrogens with one attached hydrogen (secondary N) is 6. The van der Waals surface area contributed by atoms with Crippen molar-refractivity contribution in [1.82, 2.24) is 41.7 Å². The number of amides is 6. The van der Waals surface area contributed by atoms with Crippen LogP contribution in [0.2, 0.25) is 0 Å². The molecular formula is C54H72Cl2N8O8S2. The Morgan fingerprint density at radius 1 is 0.635 bits per heavy atom. The molecule has 0 saturated carbocycles. The first kappa shape index (κ1) is 58.8. The first-order valence-corrected chi connectivity index (χ1v) is 27.3. The number of benzene rings is 2. The zero-order valence-corrected chi connectivity index (χ0v) is 46.7. The number of ether oxygens (including phenoxy) is 2. The molecule has 6 N–H and O–H groups in total. The highest BCUT2D eigenvalue weighted by Gasteiger charge is 2.57. The molecule has 0 spiro atoms. The molecule has 4 fully saturated rings. The van der Waals surface area contributed by atoms with Gasteiger partial charge in [0.1, 0.15) is 37.4 Å². The summed E-state index contributed by atoms with van der Waals surface area (Å²) in [4.78, 5) is 86.6. The lowest BCUT2D eigenvalue weighted by molar-refractivity contribution is -0.144. The van der Waals surface area contributed by atoms with Gasteiger partial charge < -0.3 is 51.2 Å². The van der Waals surface area contributed by atoms with Gasteiger partial charge in [0.05, 0.1) is 47.1 Å². The number of thioether (sulfide) groups is 2. The van der Waals surface area contributed by atoms with Gasteiger partial charge in [0, 0.05) is 12.8 Å². The van der Waals surface area contributed by atoms with Crippen LogP contribution in [-0.2, 0) is 51.1 Å². The molecule has 4 aliphatic heterocycles. The second kappa shape index (κ2) is 25.1. The molecule has 4 heterocycles. The average Bonchev–Trinajstić information content (AvgIpc) is 3.99. The van der Waals surface area contributed by atoms with Crippen molar-refractivity contribution < 1.29 is 38.2 Å². The fourth-order valence-corrected chi connectivity index (χ4v) is 14.4. The van der Waals surface area contributed by atoms with Gasteiger partial charge in [-0.05, 0) is 110 Å². The fourth-order valence-electron chi connectivity index (χ4n) is 11.2. The molecule has 4 saturated heterocycles. The van der Waals surface area contributed by atoms with E-state index in [9.17, 15) is 28.8 Å². The summed E-state index contributed by atoms with van der Waals surface area (Å²) in [5.41, 5.74) is 2.99. The molecule has 2 aliphatic carbocycles. The van der Waals surface area contributed by atoms with Crippen molar-refractivity contribution in [2.24, 2.45) is 10.8 Å². The molecule has 16 nitrogen and oxygen atoms in total. The number of fused-ring (bicyclic) bond motifs is 4. The maximum atomic E-state index is 14.5. The molecule has 0 radical (unpaired) electrons. The van der Waals surface area contributed by atoms with E-state index < -0.39 is 71.4 Å². The monoisotopic (exact) mass is 1090 g/mol. The van der Waals surface area contributed by atoms with E-state index in [0.29, 0.717) is 50.0 Å². The number of halogens is 2. The Morgan fingerprint density at radius 2 is 1.01 bits per heavy atom. The smallest absolute Gasteiger partial charge is 0.246 e. The number of carbonyl (C=O) groups is 6. The summed E-state index contributed by atoms with van der Waals surface area (Å²) >= 11 is 3.31. The van der Waals surface area contributed by atoms with Crippen molar-refractivity contribution in [1.29, 1.82) is 0 Å². The van der Waals surface area contributed by atoms with Crippen LogP contribution in [0.15, 0.2) is 48.5 Å². The van der Waals surface area contributed by atoms with Gasteiger partial charge in [-0.25, -0.2) is 0 Å². The zero-order valence-electron chi connectivity index (χ0n) is 43.4. The second-order valence-corrected chi connectivity index (χ2v) is 23.7. The minimum Gasteiger partial charge on any atom is -0.363 e. The molecule has 74 heavy (non-hydrogen) atoms. The maximum absolute atomic E-state index is 14.5. The molecule has 2 aromatic rings. The quantitative estimate of drug-likeness (QED) is 0.150. The van der Waals surface area contributed by atoms with Crippen LogP contribution in [0.3, 0.4) is 0 Å². The molecule has 12 atom stereocenters. The number of hydrogen-bond acceptors (Lipinski definition) is 12. The van der Waals surface area contributed by atoms with Crippen LogP contribution in [0.25, 0.3) is 0 Å². The molecule has 0 unspecified atom stereocenters. The van der Waals surface area contributed by atoms with Crippen LogP contribution in [0, 0.1) is 34.5 Å². The Kier molecular flexibility index (Phi) is 19.9. The van der Waals surface area contributed by atoms with Crippen LogP contribution < -0.4 is 31.9 Å². The summed E-state index contributed by atoms with van der Waals surface area (Å²) in [6.07, 6.45) is 2.57. The number of carbonyl (C=O) groups excluding carboxylic acids is 6. The maximum Gasteiger partial charge on any atom is 0.246 e. The molecule has 6 aliphatic rings. The van der Waals surface area contributed by atoms with E-state index >= 15 is 0 Å². The van der Waals surface area contributed by atoms with Crippen molar-refractivity contribution in [3.8, 4) is 23.7 Å². The standard InChI is InChI=1S/C54H70N8O8S2.2ClH/c1-31(55-7)47(63)57-37-21-25-71-41-29-53(3,4)45(61(41)51(37)67)49(65)59-43-35-19-13-11-17-33(35)27-39(43)69-23-15-9-10-16-24-70-40-28-34-18-12-14-20-36(34)44(40)60-50(66)46-54(5,6)30-42-62(46)52(68)38(22-26-72-42)58-48(64)32(2)56-8;;/h11-14,17-20,31-32,37-46,55-56H,21-30H2,1-8H3,(H,57,63)(H,58,64)(H,59,65)(H,60,66);2*1H/t31-,32-,37-,38-,39+,40+,41-,42-,43-,44-,45+,46+;;/m0../s1. The Morgan fingerprint density at radius 3 is 1.39 bits per heavy atom. The predicted octanol–water partition coefficient (Wildman–Crippen LogP) is 3.80. The lowest BCUT2D eigenvalue weighted by Gasteiger charge is -2.35. The molecular weight excluding hydrogens is 1020 g/mol. The summed E-state index contributed by atoms with van der Waals surface area (Å²) in [6.45, 7) is 11.7. The largest absolute Gasteiger partial charge is 0.363 e. The van der Waals surface area contributed by atoms with E-state index in [2.05, 4.69) is 55.6 Å². The summed E-state index contributed by atoms with van der Waals surface area (Å²) in [7, 11) is 3.39. The molecule has 2 aromatic carbocycles. The van der Waals surface area contributed by atoms with E-state index in [4.69, 9.17) is 9.47 Å². The average molecular weight is 1100 g/mol. The van der Waals surface area contributed by atoms with E-state index in [1.807, 2.05) is 76.2 Å². The van der Waals surface area contributed by atoms with Crippen molar-refractivity contribution in [2.45, 2.75) is 151 Å².